The van der Waals surface area contributed by atoms with E-state index in [1.807, 2.05) is 20.8 Å². The van der Waals surface area contributed by atoms with E-state index in [-0.39, 0.29) is 5.41 Å². The van der Waals surface area contributed by atoms with Gasteiger partial charge in [0.25, 0.3) is 0 Å². The van der Waals surface area contributed by atoms with Gasteiger partial charge in [-0.25, -0.2) is 9.18 Å². The van der Waals surface area contributed by atoms with Crippen LogP contribution in [0.2, 0.25) is 0 Å². The Balaban J connectivity index is 2.89. The van der Waals surface area contributed by atoms with Gasteiger partial charge in [-0.15, -0.1) is 0 Å². The lowest BCUT2D eigenvalue weighted by Gasteiger charge is -2.25. The highest BCUT2D eigenvalue weighted by atomic mass is 19.1. The molecular formula is C12H17FN2O2. The second kappa shape index (κ2) is 5.12. The first-order valence-electron chi connectivity index (χ1n) is 5.39. The predicted octanol–water partition coefficient (Wildman–Crippen LogP) is 2.97. The van der Waals surface area contributed by atoms with Crippen molar-refractivity contribution in [2.75, 3.05) is 0 Å². The summed E-state index contributed by atoms with van der Waals surface area (Å²) in [6.45, 7) is 6.02. The zero-order valence-electron chi connectivity index (χ0n) is 10.2. The number of halogens is 1. The van der Waals surface area contributed by atoms with Gasteiger partial charge in [0.05, 0.1) is 17.9 Å². The fraction of sp³-hybridized carbons (Fsp3) is 0.500. The van der Waals surface area contributed by atoms with E-state index in [2.05, 4.69) is 10.3 Å². The highest BCUT2D eigenvalue weighted by molar-refractivity contribution is 5.65. The van der Waals surface area contributed by atoms with E-state index in [4.69, 9.17) is 5.11 Å². The monoisotopic (exact) mass is 240 g/mol. The molecule has 1 heterocycles. The lowest BCUT2D eigenvalue weighted by Crippen LogP contribution is -2.30. The summed E-state index contributed by atoms with van der Waals surface area (Å²) in [5.41, 5.74) is 0.479. The van der Waals surface area contributed by atoms with Crippen LogP contribution in [0.15, 0.2) is 18.3 Å². The van der Waals surface area contributed by atoms with E-state index in [0.717, 1.165) is 6.20 Å². The second-order valence-corrected chi connectivity index (χ2v) is 5.17. The summed E-state index contributed by atoms with van der Waals surface area (Å²) in [6.07, 6.45) is 0.581. The molecule has 1 aromatic rings. The first-order valence-corrected chi connectivity index (χ1v) is 5.39. The van der Waals surface area contributed by atoms with Crippen molar-refractivity contribution in [1.82, 2.24) is 10.3 Å². The van der Waals surface area contributed by atoms with Crippen molar-refractivity contribution in [1.29, 1.82) is 0 Å². The van der Waals surface area contributed by atoms with E-state index < -0.39 is 18.0 Å². The molecule has 4 nitrogen and oxygen atoms in total. The molecule has 1 atom stereocenters. The van der Waals surface area contributed by atoms with Crippen molar-refractivity contribution in [2.45, 2.75) is 33.2 Å². The Bertz CT molecular complexity index is 384. The van der Waals surface area contributed by atoms with E-state index in [1.165, 1.54) is 12.1 Å². The van der Waals surface area contributed by atoms with Gasteiger partial charge < -0.3 is 10.4 Å². The maximum absolute atomic E-state index is 12.8. The van der Waals surface area contributed by atoms with Crippen LogP contribution in [0.5, 0.6) is 0 Å². The molecule has 0 saturated heterocycles. The minimum atomic E-state index is -1.11. The van der Waals surface area contributed by atoms with Gasteiger partial charge in [0, 0.05) is 0 Å². The summed E-state index contributed by atoms with van der Waals surface area (Å²) in [5, 5.41) is 11.2. The fourth-order valence-electron chi connectivity index (χ4n) is 1.58. The van der Waals surface area contributed by atoms with Crippen LogP contribution in [-0.2, 0) is 0 Å². The van der Waals surface area contributed by atoms with Crippen molar-refractivity contribution in [2.24, 2.45) is 5.41 Å². The molecule has 2 N–H and O–H groups in total. The maximum Gasteiger partial charge on any atom is 0.405 e. The molecule has 1 aromatic heterocycles. The number of nitrogens with zero attached hydrogens (tertiary/aromatic N) is 1. The van der Waals surface area contributed by atoms with Gasteiger partial charge in [0.1, 0.15) is 5.82 Å². The van der Waals surface area contributed by atoms with Crippen LogP contribution in [0, 0.1) is 11.2 Å². The number of carbonyl (C=O) groups is 1. The Kier molecular flexibility index (Phi) is 4.04. The Morgan fingerprint density at radius 2 is 2.18 bits per heavy atom. The molecule has 94 valence electrons. The molecule has 0 aliphatic carbocycles. The molecule has 5 heteroatoms. The number of carboxylic acid groups (broad SMARTS) is 1. The molecule has 0 saturated carbocycles. The summed E-state index contributed by atoms with van der Waals surface area (Å²) in [6, 6.07) is 2.36. The van der Waals surface area contributed by atoms with Gasteiger partial charge in [-0.3, -0.25) is 4.98 Å². The molecule has 0 fully saturated rings. The van der Waals surface area contributed by atoms with Crippen LogP contribution < -0.4 is 5.32 Å². The number of nitrogens with one attached hydrogen (secondary N) is 1. The Hall–Kier alpha value is -1.65. The van der Waals surface area contributed by atoms with Gasteiger partial charge >= 0.3 is 6.09 Å². The summed E-state index contributed by atoms with van der Waals surface area (Å²) in [7, 11) is 0. The number of aromatic nitrogens is 1. The van der Waals surface area contributed by atoms with Gasteiger partial charge in [0.15, 0.2) is 0 Å². The molecule has 0 aliphatic rings. The third kappa shape index (κ3) is 4.80. The molecule has 0 bridgehead atoms. The molecule has 0 radical (unpaired) electrons. The quantitative estimate of drug-likeness (QED) is 0.853. The first kappa shape index (κ1) is 13.4. The molecular weight excluding hydrogens is 223 g/mol. The van der Waals surface area contributed by atoms with Crippen molar-refractivity contribution >= 4 is 6.09 Å². The van der Waals surface area contributed by atoms with Gasteiger partial charge in [-0.05, 0) is 24.0 Å². The summed E-state index contributed by atoms with van der Waals surface area (Å²) >= 11 is 0. The molecule has 17 heavy (non-hydrogen) atoms. The largest absolute Gasteiger partial charge is 0.465 e. The lowest BCUT2D eigenvalue weighted by molar-refractivity contribution is 0.184. The highest BCUT2D eigenvalue weighted by Gasteiger charge is 2.22. The lowest BCUT2D eigenvalue weighted by atomic mass is 9.87. The maximum atomic E-state index is 12.8. The van der Waals surface area contributed by atoms with E-state index in [9.17, 15) is 9.18 Å². The predicted molar refractivity (Wildman–Crippen MR) is 62.2 cm³/mol. The fourth-order valence-corrected chi connectivity index (χ4v) is 1.58. The molecule has 0 aromatic carbocycles. The van der Waals surface area contributed by atoms with Crippen LogP contribution in [0.25, 0.3) is 0 Å². The summed E-state index contributed by atoms with van der Waals surface area (Å²) < 4.78 is 12.8. The number of pyridine rings is 1. The zero-order chi connectivity index (χ0) is 13.1. The van der Waals surface area contributed by atoms with Crippen molar-refractivity contribution in [3.05, 3.63) is 29.8 Å². The number of hydrogen-bond donors (Lipinski definition) is 2. The van der Waals surface area contributed by atoms with Crippen molar-refractivity contribution in [3.8, 4) is 0 Å². The summed E-state index contributed by atoms with van der Waals surface area (Å²) in [5.74, 6) is -0.432. The number of hydrogen-bond acceptors (Lipinski definition) is 2. The standard InChI is InChI=1S/C12H17FN2O2/c1-12(2,3)6-10(15-11(16)17)9-5-4-8(13)7-14-9/h4-5,7,10,15H,6H2,1-3H3,(H,16,17). The molecule has 1 rings (SSSR count). The van der Waals surface area contributed by atoms with Gasteiger partial charge in [-0.1, -0.05) is 20.8 Å². The van der Waals surface area contributed by atoms with Gasteiger partial charge in [-0.2, -0.15) is 0 Å². The average molecular weight is 240 g/mol. The number of amides is 1. The molecule has 0 aliphatic heterocycles. The Morgan fingerprint density at radius 1 is 1.53 bits per heavy atom. The minimum absolute atomic E-state index is 0.0524. The second-order valence-electron chi connectivity index (χ2n) is 5.17. The third-order valence-corrected chi connectivity index (χ3v) is 2.22. The molecule has 1 amide bonds. The minimum Gasteiger partial charge on any atom is -0.465 e. The van der Waals surface area contributed by atoms with E-state index in [0.29, 0.717) is 12.1 Å². The first-order chi connectivity index (χ1) is 7.78. The van der Waals surface area contributed by atoms with Crippen LogP contribution in [0.3, 0.4) is 0 Å². The molecule has 0 spiro atoms. The topological polar surface area (TPSA) is 62.2 Å². The van der Waals surface area contributed by atoms with Crippen LogP contribution in [0.1, 0.15) is 38.9 Å². The smallest absolute Gasteiger partial charge is 0.405 e. The average Bonchev–Trinajstić information content (AvgIpc) is 2.14. The van der Waals surface area contributed by atoms with Crippen LogP contribution in [0.4, 0.5) is 9.18 Å². The zero-order valence-corrected chi connectivity index (χ0v) is 10.2. The Morgan fingerprint density at radius 3 is 2.59 bits per heavy atom. The van der Waals surface area contributed by atoms with Crippen molar-refractivity contribution in [3.63, 3.8) is 0 Å². The van der Waals surface area contributed by atoms with Gasteiger partial charge in [0.2, 0.25) is 0 Å². The van der Waals surface area contributed by atoms with Crippen LogP contribution in [-0.4, -0.2) is 16.2 Å². The number of rotatable bonds is 3. The van der Waals surface area contributed by atoms with Crippen LogP contribution >= 0.6 is 0 Å². The summed E-state index contributed by atoms with van der Waals surface area (Å²) in [4.78, 5) is 14.6. The Labute approximate surface area is 99.9 Å². The third-order valence-electron chi connectivity index (χ3n) is 2.22. The van der Waals surface area contributed by atoms with E-state index in [1.54, 1.807) is 0 Å². The highest BCUT2D eigenvalue weighted by Crippen LogP contribution is 2.28. The van der Waals surface area contributed by atoms with Crippen molar-refractivity contribution < 1.29 is 14.3 Å². The van der Waals surface area contributed by atoms with E-state index >= 15 is 0 Å². The normalized spacial score (nSPS) is 13.2. The molecule has 1 unspecified atom stereocenters. The SMILES string of the molecule is CC(C)(C)CC(NC(=O)O)c1ccc(F)cn1.